The molecule has 2 aromatic rings. The zero-order valence-corrected chi connectivity index (χ0v) is 19.1. The van der Waals surface area contributed by atoms with Crippen molar-refractivity contribution < 1.29 is 23.5 Å². The van der Waals surface area contributed by atoms with Crippen LogP contribution in [0.2, 0.25) is 0 Å². The smallest absolute Gasteiger partial charge is 0.262 e. The maximum Gasteiger partial charge on any atom is 0.262 e. The van der Waals surface area contributed by atoms with E-state index in [0.29, 0.717) is 23.6 Å². The van der Waals surface area contributed by atoms with Crippen LogP contribution in [0, 0.1) is 11.7 Å². The van der Waals surface area contributed by atoms with E-state index in [9.17, 15) is 14.0 Å². The van der Waals surface area contributed by atoms with Crippen LogP contribution < -0.4 is 9.47 Å². The number of ether oxygens (including phenoxy) is 2. The molecular weight excluding hydrogens is 425 g/mol. The molecule has 1 fully saturated rings. The highest BCUT2D eigenvalue weighted by atomic mass is 19.1. The fourth-order valence-electron chi connectivity index (χ4n) is 4.20. The first-order valence-electron chi connectivity index (χ1n) is 11.0. The van der Waals surface area contributed by atoms with E-state index in [4.69, 9.17) is 9.47 Å². The summed E-state index contributed by atoms with van der Waals surface area (Å²) in [6.45, 7) is -0.0562. The van der Waals surface area contributed by atoms with E-state index in [0.717, 1.165) is 30.4 Å². The second-order valence-electron chi connectivity index (χ2n) is 8.45. The average molecular weight is 454 g/mol. The number of benzene rings is 2. The second-order valence-corrected chi connectivity index (χ2v) is 8.45. The molecule has 1 unspecified atom stereocenters. The molecule has 1 aliphatic carbocycles. The highest BCUT2D eigenvalue weighted by Crippen LogP contribution is 2.37. The van der Waals surface area contributed by atoms with Crippen molar-refractivity contribution in [2.45, 2.75) is 31.7 Å². The first-order chi connectivity index (χ1) is 15.9. The fourth-order valence-corrected chi connectivity index (χ4v) is 4.20. The molecule has 0 radical (unpaired) electrons. The Hall–Kier alpha value is -3.42. The summed E-state index contributed by atoms with van der Waals surface area (Å²) in [6.07, 6.45) is 3.26. The third-order valence-corrected chi connectivity index (χ3v) is 6.34. The van der Waals surface area contributed by atoms with Crippen molar-refractivity contribution in [3.8, 4) is 11.5 Å². The minimum atomic E-state index is -0.385. The average Bonchev–Trinajstić information content (AvgIpc) is 3.23. The standard InChI is InChI=1S/C25H28FN3O4/c1-28(25(31)17-5-4-6-17)15-24(30)29-21(18-9-12-22(32-2)23(13-18)33-3)14-20(27-29)16-7-10-19(26)11-8-16/h7-13,17,21H,4-6,14-15H2,1-3H3. The summed E-state index contributed by atoms with van der Waals surface area (Å²) >= 11 is 0. The Morgan fingerprint density at radius 2 is 1.79 bits per heavy atom. The van der Waals surface area contributed by atoms with E-state index in [2.05, 4.69) is 5.10 Å². The van der Waals surface area contributed by atoms with Crippen LogP contribution in [0.25, 0.3) is 0 Å². The lowest BCUT2D eigenvalue weighted by atomic mass is 9.84. The van der Waals surface area contributed by atoms with Crippen LogP contribution in [0.4, 0.5) is 4.39 Å². The van der Waals surface area contributed by atoms with Gasteiger partial charge in [0.15, 0.2) is 11.5 Å². The lowest BCUT2D eigenvalue weighted by molar-refractivity contribution is -0.144. The Morgan fingerprint density at radius 1 is 1.09 bits per heavy atom. The van der Waals surface area contributed by atoms with Crippen molar-refractivity contribution in [2.24, 2.45) is 11.0 Å². The van der Waals surface area contributed by atoms with E-state index < -0.39 is 0 Å². The van der Waals surface area contributed by atoms with Crippen molar-refractivity contribution >= 4 is 17.5 Å². The quantitative estimate of drug-likeness (QED) is 0.640. The molecule has 2 aliphatic rings. The zero-order valence-electron chi connectivity index (χ0n) is 19.1. The topological polar surface area (TPSA) is 71.4 Å². The van der Waals surface area contributed by atoms with Gasteiger partial charge in [0.05, 0.1) is 26.0 Å². The van der Waals surface area contributed by atoms with Crippen molar-refractivity contribution in [3.05, 3.63) is 59.4 Å². The number of likely N-dealkylation sites (N-methyl/N-ethyl adjacent to an activating group) is 1. The predicted molar refractivity (Wildman–Crippen MR) is 122 cm³/mol. The molecule has 0 bridgehead atoms. The van der Waals surface area contributed by atoms with E-state index >= 15 is 0 Å². The van der Waals surface area contributed by atoms with Crippen LogP contribution in [0.5, 0.6) is 11.5 Å². The van der Waals surface area contributed by atoms with E-state index in [1.165, 1.54) is 22.0 Å². The molecule has 174 valence electrons. The minimum absolute atomic E-state index is 0.000740. The highest BCUT2D eigenvalue weighted by Gasteiger charge is 2.35. The van der Waals surface area contributed by atoms with Gasteiger partial charge in [-0.15, -0.1) is 0 Å². The number of carbonyl (C=O) groups is 2. The number of hydrogen-bond acceptors (Lipinski definition) is 5. The van der Waals surface area contributed by atoms with Gasteiger partial charge in [-0.05, 0) is 48.2 Å². The van der Waals surface area contributed by atoms with Gasteiger partial charge in [0.1, 0.15) is 12.4 Å². The van der Waals surface area contributed by atoms with Gasteiger partial charge in [0.25, 0.3) is 5.91 Å². The molecule has 1 aliphatic heterocycles. The molecule has 1 heterocycles. The number of methoxy groups -OCH3 is 2. The lowest BCUT2D eigenvalue weighted by Crippen LogP contribution is -2.42. The predicted octanol–water partition coefficient (Wildman–Crippen LogP) is 3.78. The van der Waals surface area contributed by atoms with Crippen LogP contribution in [0.3, 0.4) is 0 Å². The number of rotatable bonds is 7. The van der Waals surface area contributed by atoms with Gasteiger partial charge in [-0.2, -0.15) is 5.10 Å². The van der Waals surface area contributed by atoms with Gasteiger partial charge in [-0.25, -0.2) is 9.40 Å². The molecule has 7 nitrogen and oxygen atoms in total. The van der Waals surface area contributed by atoms with Gasteiger partial charge in [-0.1, -0.05) is 24.6 Å². The lowest BCUT2D eigenvalue weighted by Gasteiger charge is -2.30. The molecular formula is C25H28FN3O4. The number of halogens is 1. The molecule has 4 rings (SSSR count). The SMILES string of the molecule is COc1ccc(C2CC(c3ccc(F)cc3)=NN2C(=O)CN(C)C(=O)C2CCC2)cc1OC. The van der Waals surface area contributed by atoms with E-state index in [1.54, 1.807) is 39.5 Å². The molecule has 8 heteroatoms. The summed E-state index contributed by atoms with van der Waals surface area (Å²) in [5.41, 5.74) is 2.25. The fraction of sp³-hybridized carbons (Fsp3) is 0.400. The number of hydrazone groups is 1. The van der Waals surface area contributed by atoms with Crippen molar-refractivity contribution in [1.29, 1.82) is 0 Å². The highest BCUT2D eigenvalue weighted by molar-refractivity contribution is 6.03. The molecule has 1 atom stereocenters. The molecule has 0 saturated heterocycles. The molecule has 33 heavy (non-hydrogen) atoms. The Bertz CT molecular complexity index is 1070. The summed E-state index contributed by atoms with van der Waals surface area (Å²) in [5, 5.41) is 6.04. The van der Waals surface area contributed by atoms with E-state index in [1.807, 2.05) is 12.1 Å². The van der Waals surface area contributed by atoms with Crippen LogP contribution in [-0.2, 0) is 9.59 Å². The second kappa shape index (κ2) is 9.60. The van der Waals surface area contributed by atoms with Gasteiger partial charge >= 0.3 is 0 Å². The normalized spacial score (nSPS) is 17.9. The van der Waals surface area contributed by atoms with Crippen LogP contribution in [-0.4, -0.2) is 55.2 Å². The summed E-state index contributed by atoms with van der Waals surface area (Å²) in [4.78, 5) is 27.3. The van der Waals surface area contributed by atoms with Crippen LogP contribution in [0.1, 0.15) is 42.9 Å². The summed E-state index contributed by atoms with van der Waals surface area (Å²) < 4.78 is 24.2. The Balaban J connectivity index is 1.62. The minimum Gasteiger partial charge on any atom is -0.493 e. The Labute approximate surface area is 192 Å². The van der Waals surface area contributed by atoms with Gasteiger partial charge in [0.2, 0.25) is 5.91 Å². The number of amides is 2. The number of nitrogens with zero attached hydrogens (tertiary/aromatic N) is 3. The first-order valence-corrected chi connectivity index (χ1v) is 11.0. The molecule has 0 spiro atoms. The molecule has 0 N–H and O–H groups in total. The van der Waals surface area contributed by atoms with Crippen molar-refractivity contribution in [2.75, 3.05) is 27.8 Å². The summed E-state index contributed by atoms with van der Waals surface area (Å²) in [6, 6.07) is 11.2. The molecule has 1 saturated carbocycles. The molecule has 2 amide bonds. The molecule has 2 aromatic carbocycles. The van der Waals surface area contributed by atoms with Gasteiger partial charge in [0, 0.05) is 19.4 Å². The molecule has 0 aromatic heterocycles. The number of hydrogen-bond donors (Lipinski definition) is 0. The Kier molecular flexibility index (Phi) is 6.62. The maximum atomic E-state index is 13.4. The van der Waals surface area contributed by atoms with Crippen molar-refractivity contribution in [3.63, 3.8) is 0 Å². The Morgan fingerprint density at radius 3 is 2.39 bits per heavy atom. The third-order valence-electron chi connectivity index (χ3n) is 6.34. The maximum absolute atomic E-state index is 13.4. The van der Waals surface area contributed by atoms with Gasteiger partial charge in [-0.3, -0.25) is 9.59 Å². The first kappa shape index (κ1) is 22.8. The third kappa shape index (κ3) is 4.69. The van der Waals surface area contributed by atoms with E-state index in [-0.39, 0.29) is 36.1 Å². The van der Waals surface area contributed by atoms with Crippen LogP contribution in [0.15, 0.2) is 47.6 Å². The monoisotopic (exact) mass is 453 g/mol. The summed E-state index contributed by atoms with van der Waals surface area (Å²) in [7, 11) is 4.78. The largest absolute Gasteiger partial charge is 0.493 e. The van der Waals surface area contributed by atoms with Gasteiger partial charge < -0.3 is 14.4 Å². The number of carbonyl (C=O) groups excluding carboxylic acids is 2. The van der Waals surface area contributed by atoms with Crippen molar-refractivity contribution in [1.82, 2.24) is 9.91 Å². The zero-order chi connectivity index (χ0) is 23.5. The summed E-state index contributed by atoms with van der Waals surface area (Å²) in [5.74, 6) is 0.540. The van der Waals surface area contributed by atoms with Crippen LogP contribution >= 0.6 is 0 Å².